The third-order valence-corrected chi connectivity index (χ3v) is 5.32. The summed E-state index contributed by atoms with van der Waals surface area (Å²) in [4.78, 5) is 12.3. The van der Waals surface area contributed by atoms with E-state index in [1.54, 1.807) is 24.3 Å². The summed E-state index contributed by atoms with van der Waals surface area (Å²) in [6, 6.07) is 9.55. The first-order chi connectivity index (χ1) is 12.7. The van der Waals surface area contributed by atoms with Gasteiger partial charge in [-0.2, -0.15) is 0 Å². The van der Waals surface area contributed by atoms with E-state index in [2.05, 4.69) is 10.6 Å². The number of amides is 2. The number of benzene rings is 2. The topological polar surface area (TPSA) is 70.6 Å². The molecule has 2 aromatic carbocycles. The van der Waals surface area contributed by atoms with Crippen molar-refractivity contribution in [3.8, 4) is 11.5 Å². The molecule has 5 nitrogen and oxygen atoms in total. The van der Waals surface area contributed by atoms with Gasteiger partial charge in [-0.1, -0.05) is 18.2 Å². The zero-order chi connectivity index (χ0) is 19.4. The maximum Gasteiger partial charge on any atom is 0.318 e. The van der Waals surface area contributed by atoms with Crippen LogP contribution >= 0.6 is 0 Å². The van der Waals surface area contributed by atoms with Crippen molar-refractivity contribution >= 4 is 6.03 Å². The first kappa shape index (κ1) is 17.6. The Morgan fingerprint density at radius 1 is 1.22 bits per heavy atom. The fourth-order valence-electron chi connectivity index (χ4n) is 4.52. The van der Waals surface area contributed by atoms with E-state index in [1.165, 1.54) is 12.1 Å². The van der Waals surface area contributed by atoms with E-state index >= 15 is 0 Å². The number of phenolic OH excluding ortho intramolecular Hbond substituents is 1. The number of aromatic hydroxyl groups is 1. The van der Waals surface area contributed by atoms with E-state index in [-0.39, 0.29) is 23.5 Å². The largest absolute Gasteiger partial charge is 0.508 e. The molecule has 0 aromatic heterocycles. The normalized spacial score (nSPS) is 25.9. The van der Waals surface area contributed by atoms with Crippen molar-refractivity contribution in [1.29, 1.82) is 0 Å². The second kappa shape index (κ2) is 5.87. The molecule has 142 valence electrons. The average Bonchev–Trinajstić information content (AvgIpc) is 2.51. The number of hydrogen-bond acceptors (Lipinski definition) is 3. The highest BCUT2D eigenvalue weighted by atomic mass is 19.1. The Balaban J connectivity index is 1.89. The summed E-state index contributed by atoms with van der Waals surface area (Å²) in [6.45, 7) is 5.73. The van der Waals surface area contributed by atoms with Gasteiger partial charge in [0, 0.05) is 35.9 Å². The van der Waals surface area contributed by atoms with Crippen LogP contribution in [0.25, 0.3) is 0 Å². The average molecular weight is 370 g/mol. The molecule has 4 rings (SSSR count). The van der Waals surface area contributed by atoms with E-state index in [1.807, 2.05) is 20.8 Å². The minimum absolute atomic E-state index is 0.0788. The van der Waals surface area contributed by atoms with Gasteiger partial charge in [0.2, 0.25) is 0 Å². The van der Waals surface area contributed by atoms with Gasteiger partial charge < -0.3 is 20.5 Å². The molecule has 1 spiro atoms. The Morgan fingerprint density at radius 2 is 1.96 bits per heavy atom. The Hall–Kier alpha value is -2.76. The lowest BCUT2D eigenvalue weighted by Gasteiger charge is -2.49. The highest BCUT2D eigenvalue weighted by Crippen LogP contribution is 2.49. The number of aryl methyl sites for hydroxylation is 1. The number of nitrogens with one attached hydrogen (secondary N) is 2. The van der Waals surface area contributed by atoms with Crippen LogP contribution in [0.15, 0.2) is 36.4 Å². The van der Waals surface area contributed by atoms with Crippen molar-refractivity contribution in [3.05, 3.63) is 58.9 Å². The van der Waals surface area contributed by atoms with Crippen LogP contribution in [0.3, 0.4) is 0 Å². The molecule has 2 atom stereocenters. The Kier molecular flexibility index (Phi) is 3.84. The van der Waals surface area contributed by atoms with Crippen molar-refractivity contribution in [2.24, 2.45) is 0 Å². The molecule has 27 heavy (non-hydrogen) atoms. The quantitative estimate of drug-likeness (QED) is 0.712. The lowest BCUT2D eigenvalue weighted by molar-refractivity contribution is -0.0239. The predicted octanol–water partition coefficient (Wildman–Crippen LogP) is 3.93. The Labute approximate surface area is 157 Å². The number of halogens is 1. The first-order valence-electron chi connectivity index (χ1n) is 9.05. The third kappa shape index (κ3) is 3.09. The summed E-state index contributed by atoms with van der Waals surface area (Å²) in [5.74, 6) is -0.0395. The van der Waals surface area contributed by atoms with Gasteiger partial charge in [-0.3, -0.25) is 0 Å². The molecule has 0 aliphatic carbocycles. The number of rotatable bonds is 1. The van der Waals surface area contributed by atoms with Gasteiger partial charge in [0.05, 0.1) is 0 Å². The molecule has 0 saturated carbocycles. The minimum atomic E-state index is -0.980. The number of urea groups is 1. The van der Waals surface area contributed by atoms with Crippen molar-refractivity contribution in [1.82, 2.24) is 10.6 Å². The summed E-state index contributed by atoms with van der Waals surface area (Å²) in [7, 11) is 0. The maximum absolute atomic E-state index is 14.7. The SMILES string of the molecule is Cc1cc(O)cc2c1C(c1ccccc1F)CC1(CC(C)(C)NC(=O)N1)O2. The number of ether oxygens (including phenoxy) is 1. The smallest absolute Gasteiger partial charge is 0.318 e. The van der Waals surface area contributed by atoms with Gasteiger partial charge in [-0.15, -0.1) is 0 Å². The fraction of sp³-hybridized carbons (Fsp3) is 0.381. The molecule has 2 aromatic rings. The van der Waals surface area contributed by atoms with Crippen molar-refractivity contribution in [2.75, 3.05) is 0 Å². The summed E-state index contributed by atoms with van der Waals surface area (Å²) in [5, 5.41) is 15.9. The monoisotopic (exact) mass is 370 g/mol. The first-order valence-corrected chi connectivity index (χ1v) is 9.05. The Morgan fingerprint density at radius 3 is 2.67 bits per heavy atom. The molecule has 1 fully saturated rings. The van der Waals surface area contributed by atoms with Crippen LogP contribution in [0.2, 0.25) is 0 Å². The number of fused-ring (bicyclic) bond motifs is 1. The zero-order valence-electron chi connectivity index (χ0n) is 15.6. The molecular weight excluding hydrogens is 347 g/mol. The molecule has 0 bridgehead atoms. The van der Waals surface area contributed by atoms with Crippen LogP contribution in [-0.4, -0.2) is 22.4 Å². The van der Waals surface area contributed by atoms with Gasteiger partial charge in [-0.25, -0.2) is 9.18 Å². The molecule has 2 amide bonds. The van der Waals surface area contributed by atoms with Crippen LogP contribution in [-0.2, 0) is 0 Å². The van der Waals surface area contributed by atoms with Gasteiger partial charge in [-0.05, 0) is 44.0 Å². The van der Waals surface area contributed by atoms with E-state index in [0.29, 0.717) is 24.2 Å². The number of hydrogen-bond donors (Lipinski definition) is 3. The van der Waals surface area contributed by atoms with Crippen molar-refractivity contribution in [3.63, 3.8) is 0 Å². The van der Waals surface area contributed by atoms with Crippen LogP contribution in [0.4, 0.5) is 9.18 Å². The van der Waals surface area contributed by atoms with Crippen molar-refractivity contribution < 1.29 is 19.0 Å². The highest BCUT2D eigenvalue weighted by Gasteiger charge is 2.50. The van der Waals surface area contributed by atoms with E-state index in [9.17, 15) is 14.3 Å². The summed E-state index contributed by atoms with van der Waals surface area (Å²) in [6.07, 6.45) is 0.911. The second-order valence-electron chi connectivity index (χ2n) is 8.19. The number of carbonyl (C=O) groups is 1. The summed E-state index contributed by atoms with van der Waals surface area (Å²) < 4.78 is 20.9. The fourth-order valence-corrected chi connectivity index (χ4v) is 4.52. The third-order valence-electron chi connectivity index (χ3n) is 5.32. The highest BCUT2D eigenvalue weighted by molar-refractivity contribution is 5.77. The Bertz CT molecular complexity index is 928. The van der Waals surface area contributed by atoms with E-state index in [0.717, 1.165) is 11.1 Å². The van der Waals surface area contributed by atoms with Crippen LogP contribution < -0.4 is 15.4 Å². The van der Waals surface area contributed by atoms with Crippen LogP contribution in [0.5, 0.6) is 11.5 Å². The molecule has 6 heteroatoms. The standard InChI is InChI=1S/C21H23FN2O3/c1-12-8-13(25)9-17-18(12)15(14-6-4-5-7-16(14)22)10-21(27-17)11-20(2,3)23-19(26)24-21/h4-9,15,25H,10-11H2,1-3H3,(H2,23,24,26). The number of phenols is 1. The van der Waals surface area contributed by atoms with Crippen LogP contribution in [0, 0.1) is 12.7 Å². The number of carbonyl (C=O) groups excluding carboxylic acids is 1. The van der Waals surface area contributed by atoms with E-state index in [4.69, 9.17) is 4.74 Å². The summed E-state index contributed by atoms with van der Waals surface area (Å²) in [5.41, 5.74) is 0.764. The summed E-state index contributed by atoms with van der Waals surface area (Å²) >= 11 is 0. The second-order valence-corrected chi connectivity index (χ2v) is 8.19. The molecule has 3 N–H and O–H groups in total. The zero-order valence-corrected chi connectivity index (χ0v) is 15.6. The molecule has 1 saturated heterocycles. The molecule has 2 aliphatic heterocycles. The lowest BCUT2D eigenvalue weighted by Crippen LogP contribution is -2.69. The van der Waals surface area contributed by atoms with Crippen LogP contribution in [0.1, 0.15) is 49.3 Å². The molecular formula is C21H23FN2O3. The van der Waals surface area contributed by atoms with Gasteiger partial charge in [0.15, 0.2) is 5.72 Å². The molecule has 0 radical (unpaired) electrons. The van der Waals surface area contributed by atoms with E-state index < -0.39 is 11.3 Å². The van der Waals surface area contributed by atoms with Crippen molar-refractivity contribution in [2.45, 2.75) is 50.8 Å². The minimum Gasteiger partial charge on any atom is -0.508 e. The molecule has 2 unspecified atom stereocenters. The van der Waals surface area contributed by atoms with Gasteiger partial charge in [0.1, 0.15) is 17.3 Å². The molecule has 2 aliphatic rings. The van der Waals surface area contributed by atoms with Gasteiger partial charge >= 0.3 is 6.03 Å². The van der Waals surface area contributed by atoms with Gasteiger partial charge in [0.25, 0.3) is 0 Å². The lowest BCUT2D eigenvalue weighted by atomic mass is 9.76. The predicted molar refractivity (Wildman–Crippen MR) is 99.4 cm³/mol. The maximum atomic E-state index is 14.7. The molecule has 2 heterocycles.